The smallest absolute Gasteiger partial charge is 0.137 e. The second-order valence-corrected chi connectivity index (χ2v) is 20.7. The van der Waals surface area contributed by atoms with Crippen LogP contribution in [0.25, 0.3) is 27.6 Å². The first-order valence-corrected chi connectivity index (χ1v) is 23.3. The molecule has 4 nitrogen and oxygen atoms in total. The molecule has 2 aromatic heterocycles. The first kappa shape index (κ1) is 41.5. The van der Waals surface area contributed by atoms with Crippen molar-refractivity contribution < 1.29 is 0 Å². The fraction of sp³-hybridized carbons (Fsp3) is 0.203. The highest BCUT2D eigenvalue weighted by Gasteiger charge is 2.33. The molecule has 0 aliphatic carbocycles. The van der Waals surface area contributed by atoms with Gasteiger partial charge in [-0.05, 0) is 119 Å². The highest BCUT2D eigenvalue weighted by Crippen LogP contribution is 2.48. The van der Waals surface area contributed by atoms with Crippen LogP contribution in [0.3, 0.4) is 0 Å². The van der Waals surface area contributed by atoms with Crippen LogP contribution in [0.15, 0.2) is 192 Å². The van der Waals surface area contributed by atoms with Gasteiger partial charge in [-0.15, -0.1) is 0 Å². The maximum atomic E-state index is 4.92. The molecule has 0 fully saturated rings. The molecule has 0 radical (unpaired) electrons. The van der Waals surface area contributed by atoms with E-state index in [0.29, 0.717) is 6.67 Å². The number of rotatable bonds is 9. The Labute approximate surface area is 383 Å². The van der Waals surface area contributed by atoms with Crippen molar-refractivity contribution in [3.8, 4) is 5.82 Å². The summed E-state index contributed by atoms with van der Waals surface area (Å²) in [6, 6.07) is 65.1. The van der Waals surface area contributed by atoms with E-state index in [-0.39, 0.29) is 16.2 Å². The van der Waals surface area contributed by atoms with E-state index in [1.54, 1.807) is 0 Å². The monoisotopic (exact) mass is 852 g/mol. The van der Waals surface area contributed by atoms with Crippen LogP contribution in [-0.4, -0.2) is 16.2 Å². The fourth-order valence-corrected chi connectivity index (χ4v) is 10.4. The number of fused-ring (bicyclic) bond motifs is 4. The summed E-state index contributed by atoms with van der Waals surface area (Å²) < 4.78 is 2.33. The van der Waals surface area contributed by atoms with Gasteiger partial charge in [0.2, 0.25) is 0 Å². The minimum absolute atomic E-state index is 0.0136. The Bertz CT molecular complexity index is 3100. The van der Waals surface area contributed by atoms with Crippen molar-refractivity contribution in [3.05, 3.63) is 216 Å². The first-order valence-electron chi connectivity index (χ1n) is 22.5. The summed E-state index contributed by atoms with van der Waals surface area (Å²) in [6.45, 7) is 19.1. The SMILES string of the molecule is Cc1ccc2c(c1)N(c1cc(C(C)(C)c3ccccc3)cc(C(C)(C)c3ccccc3)c1)CN2c1cccc(Sc2ccc3c4ccccc4n(-c4cc(C(C)(C)C)ccn4)c3c2)c1. The number of aromatic nitrogens is 2. The highest BCUT2D eigenvalue weighted by atomic mass is 32.2. The second-order valence-electron chi connectivity index (χ2n) is 19.5. The molecule has 1 aliphatic rings. The van der Waals surface area contributed by atoms with Gasteiger partial charge >= 0.3 is 0 Å². The van der Waals surface area contributed by atoms with Crippen LogP contribution < -0.4 is 9.80 Å². The summed E-state index contributed by atoms with van der Waals surface area (Å²) in [5.74, 6) is 0.945. The molecule has 0 N–H and O–H groups in total. The van der Waals surface area contributed by atoms with E-state index < -0.39 is 0 Å². The van der Waals surface area contributed by atoms with Crippen molar-refractivity contribution in [1.82, 2.24) is 9.55 Å². The largest absolute Gasteiger partial charge is 0.321 e. The van der Waals surface area contributed by atoms with E-state index in [0.717, 1.165) is 16.9 Å². The Balaban J connectivity index is 1.03. The molecule has 1 aliphatic heterocycles. The van der Waals surface area contributed by atoms with Crippen LogP contribution in [0.2, 0.25) is 0 Å². The van der Waals surface area contributed by atoms with E-state index in [1.165, 1.54) is 76.7 Å². The minimum Gasteiger partial charge on any atom is -0.321 e. The van der Waals surface area contributed by atoms with Gasteiger partial charge in [0, 0.05) is 49.0 Å². The lowest BCUT2D eigenvalue weighted by Gasteiger charge is -2.33. The number of benzene rings is 7. The first-order chi connectivity index (χ1) is 30.8. The third-order valence-corrected chi connectivity index (χ3v) is 14.5. The molecule has 0 saturated heterocycles. The quantitative estimate of drug-likeness (QED) is 0.144. The van der Waals surface area contributed by atoms with Crippen LogP contribution in [0.1, 0.15) is 81.8 Å². The summed E-state index contributed by atoms with van der Waals surface area (Å²) in [6.07, 6.45) is 1.95. The maximum Gasteiger partial charge on any atom is 0.137 e. The molecule has 64 heavy (non-hydrogen) atoms. The lowest BCUT2D eigenvalue weighted by atomic mass is 9.73. The van der Waals surface area contributed by atoms with Crippen LogP contribution in [0.4, 0.5) is 22.7 Å². The Morgan fingerprint density at radius 3 is 1.77 bits per heavy atom. The van der Waals surface area contributed by atoms with Gasteiger partial charge in [0.15, 0.2) is 0 Å². The molecule has 318 valence electrons. The Hall–Kier alpha value is -6.56. The topological polar surface area (TPSA) is 24.3 Å². The van der Waals surface area contributed by atoms with Crippen molar-refractivity contribution in [2.24, 2.45) is 0 Å². The number of hydrogen-bond acceptors (Lipinski definition) is 4. The van der Waals surface area contributed by atoms with Crippen LogP contribution in [0.5, 0.6) is 0 Å². The summed E-state index contributed by atoms with van der Waals surface area (Å²) in [5, 5.41) is 2.46. The lowest BCUT2D eigenvalue weighted by Crippen LogP contribution is -2.27. The number of para-hydroxylation sites is 1. The van der Waals surface area contributed by atoms with E-state index in [4.69, 9.17) is 4.98 Å². The van der Waals surface area contributed by atoms with E-state index in [2.05, 4.69) is 246 Å². The van der Waals surface area contributed by atoms with Crippen molar-refractivity contribution in [2.45, 2.75) is 81.4 Å². The molecule has 3 heterocycles. The van der Waals surface area contributed by atoms with Gasteiger partial charge in [0.25, 0.3) is 0 Å². The summed E-state index contributed by atoms with van der Waals surface area (Å²) in [7, 11) is 0. The number of anilines is 4. The van der Waals surface area contributed by atoms with Gasteiger partial charge in [-0.1, -0.05) is 163 Å². The number of pyridine rings is 1. The molecule has 0 saturated carbocycles. The zero-order valence-corrected chi connectivity index (χ0v) is 39.0. The Morgan fingerprint density at radius 1 is 0.453 bits per heavy atom. The zero-order valence-electron chi connectivity index (χ0n) is 38.2. The fourth-order valence-electron chi connectivity index (χ4n) is 9.46. The number of hydrogen-bond donors (Lipinski definition) is 0. The molecule has 7 aromatic carbocycles. The van der Waals surface area contributed by atoms with Gasteiger partial charge in [-0.3, -0.25) is 4.57 Å². The summed E-state index contributed by atoms with van der Waals surface area (Å²) in [4.78, 5) is 12.3. The average molecular weight is 853 g/mol. The average Bonchev–Trinajstić information content (AvgIpc) is 3.85. The standard InChI is InChI=1S/C59H56N4S/c1-40-26-29-53-55(32-40)62(47-34-44(58(5,6)41-18-11-9-12-19-41)33-45(35-47)59(7,8)42-20-13-10-14-21-42)39-61(53)46-22-17-23-48(37-46)64-49-27-28-51-50-24-15-16-25-52(50)63(54(51)38-49)56-36-43(30-31-60-56)57(2,3)4/h9-38H,39H2,1-8H3. The minimum atomic E-state index is -0.219. The van der Waals surface area contributed by atoms with Gasteiger partial charge in [-0.2, -0.15) is 0 Å². The van der Waals surface area contributed by atoms with E-state index in [9.17, 15) is 0 Å². The van der Waals surface area contributed by atoms with Gasteiger partial charge < -0.3 is 9.80 Å². The third kappa shape index (κ3) is 7.46. The third-order valence-electron chi connectivity index (χ3n) is 13.5. The van der Waals surface area contributed by atoms with Gasteiger partial charge in [0.1, 0.15) is 12.5 Å². The maximum absolute atomic E-state index is 4.92. The molecular formula is C59H56N4S. The normalized spacial score (nSPS) is 13.2. The Kier molecular flexibility index (Phi) is 10.3. The van der Waals surface area contributed by atoms with Crippen molar-refractivity contribution in [1.29, 1.82) is 0 Å². The lowest BCUT2D eigenvalue weighted by molar-refractivity contribution is 0.588. The summed E-state index contributed by atoms with van der Waals surface area (Å²) >= 11 is 1.81. The molecular weight excluding hydrogens is 797 g/mol. The summed E-state index contributed by atoms with van der Waals surface area (Å²) in [5.41, 5.74) is 14.4. The zero-order chi connectivity index (χ0) is 44.4. The second kappa shape index (κ2) is 15.9. The molecule has 0 atom stereocenters. The van der Waals surface area contributed by atoms with Gasteiger partial charge in [0.05, 0.1) is 22.4 Å². The van der Waals surface area contributed by atoms with Crippen LogP contribution in [0, 0.1) is 6.92 Å². The Morgan fingerprint density at radius 2 is 1.08 bits per heavy atom. The van der Waals surface area contributed by atoms with Crippen molar-refractivity contribution in [3.63, 3.8) is 0 Å². The van der Waals surface area contributed by atoms with Gasteiger partial charge in [-0.25, -0.2) is 4.98 Å². The van der Waals surface area contributed by atoms with E-state index >= 15 is 0 Å². The number of nitrogens with zero attached hydrogens (tertiary/aromatic N) is 4. The molecule has 0 spiro atoms. The molecule has 5 heteroatoms. The number of aryl methyl sites for hydroxylation is 1. The molecule has 0 bridgehead atoms. The predicted molar refractivity (Wildman–Crippen MR) is 272 cm³/mol. The molecule has 10 rings (SSSR count). The van der Waals surface area contributed by atoms with Crippen molar-refractivity contribution >= 4 is 56.3 Å². The van der Waals surface area contributed by atoms with Crippen LogP contribution >= 0.6 is 11.8 Å². The molecule has 0 unspecified atom stereocenters. The van der Waals surface area contributed by atoms with E-state index in [1.807, 2.05) is 18.0 Å². The highest BCUT2D eigenvalue weighted by molar-refractivity contribution is 7.99. The van der Waals surface area contributed by atoms with Crippen LogP contribution in [-0.2, 0) is 16.2 Å². The molecule has 0 amide bonds. The van der Waals surface area contributed by atoms with Crippen molar-refractivity contribution in [2.75, 3.05) is 16.5 Å². The molecule has 9 aromatic rings. The predicted octanol–water partition coefficient (Wildman–Crippen LogP) is 15.8.